The van der Waals surface area contributed by atoms with Gasteiger partial charge in [0.25, 0.3) is 0 Å². The molecule has 3 nitrogen and oxygen atoms in total. The lowest BCUT2D eigenvalue weighted by Crippen LogP contribution is -2.25. The molecule has 0 aliphatic heterocycles. The minimum atomic E-state index is -3.18. The fourth-order valence-electron chi connectivity index (χ4n) is 5.95. The molecule has 0 saturated carbocycles. The lowest BCUT2D eigenvalue weighted by atomic mass is 10.1. The maximum Gasteiger partial charge on any atom is 0.171 e. The Hall–Kier alpha value is -4.72. The molecule has 0 amide bonds. The molecule has 1 unspecified atom stereocenters. The lowest BCUT2D eigenvalue weighted by molar-refractivity contribution is 0.592. The van der Waals surface area contributed by atoms with Crippen molar-refractivity contribution in [2.75, 3.05) is 0 Å². The average Bonchev–Trinajstić information content (AvgIpc) is 3.41. The van der Waals surface area contributed by atoms with E-state index < -0.39 is 7.14 Å². The van der Waals surface area contributed by atoms with E-state index in [2.05, 4.69) is 83.3 Å². The van der Waals surface area contributed by atoms with Crippen LogP contribution < -0.4 is 15.9 Å². The highest BCUT2D eigenvalue weighted by molar-refractivity contribution is 7.85. The van der Waals surface area contributed by atoms with Gasteiger partial charge in [-0.3, -0.25) is 4.40 Å². The van der Waals surface area contributed by atoms with Gasteiger partial charge < -0.3 is 4.57 Å². The Morgan fingerprint density at radius 1 is 0.487 bits per heavy atom. The second-order valence-corrected chi connectivity index (χ2v) is 12.8. The first kappa shape index (κ1) is 22.3. The molecule has 0 aliphatic rings. The van der Waals surface area contributed by atoms with E-state index in [4.69, 9.17) is 4.98 Å². The number of para-hydroxylation sites is 3. The van der Waals surface area contributed by atoms with Crippen LogP contribution in [-0.2, 0) is 4.57 Å². The number of pyridine rings is 1. The zero-order valence-electron chi connectivity index (χ0n) is 21.0. The van der Waals surface area contributed by atoms with Crippen molar-refractivity contribution < 1.29 is 4.57 Å². The molecule has 4 heteroatoms. The van der Waals surface area contributed by atoms with Crippen molar-refractivity contribution in [3.8, 4) is 0 Å². The van der Waals surface area contributed by atoms with E-state index in [1.54, 1.807) is 0 Å². The van der Waals surface area contributed by atoms with Crippen molar-refractivity contribution in [1.29, 1.82) is 0 Å². The molecule has 39 heavy (non-hydrogen) atoms. The molecule has 0 aliphatic carbocycles. The zero-order valence-corrected chi connectivity index (χ0v) is 21.9. The van der Waals surface area contributed by atoms with Crippen molar-refractivity contribution in [3.63, 3.8) is 0 Å². The van der Waals surface area contributed by atoms with Gasteiger partial charge in [-0.1, -0.05) is 103 Å². The van der Waals surface area contributed by atoms with E-state index in [1.807, 2.05) is 60.7 Å². The summed E-state index contributed by atoms with van der Waals surface area (Å²) in [4.78, 5) is 5.03. The Bertz CT molecular complexity index is 2270. The predicted octanol–water partition coefficient (Wildman–Crippen LogP) is 7.59. The van der Waals surface area contributed by atoms with Crippen molar-refractivity contribution in [2.45, 2.75) is 0 Å². The first-order chi connectivity index (χ1) is 19.2. The van der Waals surface area contributed by atoms with Gasteiger partial charge in [0, 0.05) is 26.7 Å². The van der Waals surface area contributed by atoms with Crippen LogP contribution >= 0.6 is 7.14 Å². The fourth-order valence-corrected chi connectivity index (χ4v) is 8.64. The van der Waals surface area contributed by atoms with Gasteiger partial charge in [-0.05, 0) is 52.6 Å². The number of nitrogens with zero attached hydrogens (tertiary/aromatic N) is 2. The van der Waals surface area contributed by atoms with Gasteiger partial charge in [0.15, 0.2) is 7.14 Å². The highest BCUT2D eigenvalue weighted by Crippen LogP contribution is 2.44. The molecule has 0 spiro atoms. The van der Waals surface area contributed by atoms with Crippen LogP contribution in [0.1, 0.15) is 0 Å². The number of hydrogen-bond acceptors (Lipinski definition) is 2. The quantitative estimate of drug-likeness (QED) is 0.178. The van der Waals surface area contributed by atoms with E-state index in [0.717, 1.165) is 65.0 Å². The molecule has 6 aromatic carbocycles. The Morgan fingerprint density at radius 2 is 1.15 bits per heavy atom. The molecule has 2 heterocycles. The van der Waals surface area contributed by atoms with Crippen LogP contribution in [0.25, 0.3) is 49.1 Å². The van der Waals surface area contributed by atoms with Crippen LogP contribution in [0.5, 0.6) is 0 Å². The second-order valence-electron chi connectivity index (χ2n) is 9.98. The molecule has 0 saturated heterocycles. The molecule has 1 atom stereocenters. The Morgan fingerprint density at radius 3 is 2.03 bits per heavy atom. The fraction of sp³-hybridized carbons (Fsp3) is 0. The summed E-state index contributed by atoms with van der Waals surface area (Å²) in [6.45, 7) is 0. The first-order valence-electron chi connectivity index (χ1n) is 13.1. The number of benzene rings is 6. The van der Waals surface area contributed by atoms with Crippen LogP contribution in [0, 0.1) is 0 Å². The molecule has 8 aromatic rings. The summed E-state index contributed by atoms with van der Waals surface area (Å²) in [5.41, 5.74) is 4.05. The van der Waals surface area contributed by atoms with E-state index in [0.29, 0.717) is 0 Å². The molecule has 0 bridgehead atoms. The van der Waals surface area contributed by atoms with Crippen LogP contribution in [0.3, 0.4) is 0 Å². The van der Waals surface area contributed by atoms with E-state index in [9.17, 15) is 0 Å². The summed E-state index contributed by atoms with van der Waals surface area (Å²) in [5.74, 6) is 0. The summed E-state index contributed by atoms with van der Waals surface area (Å²) >= 11 is 0. The third kappa shape index (κ3) is 3.24. The largest absolute Gasteiger partial charge is 0.309 e. The maximum absolute atomic E-state index is 15.4. The van der Waals surface area contributed by atoms with E-state index >= 15 is 4.57 Å². The Labute approximate surface area is 225 Å². The standard InChI is InChI=1S/C35H23N2OP/c38-39(26-12-2-1-3-13-26,27-19-18-24-10-4-5-11-25(24)22-27)28-20-21-30-31(23-28)29-14-6-8-16-33(29)37-34-17-9-7-15-32(34)36-35(30)37/h1-23H. The van der Waals surface area contributed by atoms with Gasteiger partial charge in [-0.25, -0.2) is 4.98 Å². The van der Waals surface area contributed by atoms with Gasteiger partial charge in [0.05, 0.1) is 16.6 Å². The molecule has 0 radical (unpaired) electrons. The Kier molecular flexibility index (Phi) is 4.79. The molecular weight excluding hydrogens is 495 g/mol. The molecule has 8 rings (SSSR count). The van der Waals surface area contributed by atoms with Gasteiger partial charge in [0.1, 0.15) is 5.65 Å². The van der Waals surface area contributed by atoms with Crippen molar-refractivity contribution in [2.24, 2.45) is 0 Å². The highest BCUT2D eigenvalue weighted by atomic mass is 31.2. The SMILES string of the molecule is O=P(c1ccccc1)(c1ccc2ccccc2c1)c1ccc2c(c1)c1ccccc1n1c3ccccc3nc21. The monoisotopic (exact) mass is 518 g/mol. The Balaban J connectivity index is 1.48. The van der Waals surface area contributed by atoms with Gasteiger partial charge in [0.2, 0.25) is 0 Å². The number of hydrogen-bond donors (Lipinski definition) is 0. The van der Waals surface area contributed by atoms with Crippen LogP contribution in [0.4, 0.5) is 0 Å². The summed E-state index contributed by atoms with van der Waals surface area (Å²) in [5, 5.41) is 7.93. The number of aromatic nitrogens is 2. The summed E-state index contributed by atoms with van der Waals surface area (Å²) in [6.07, 6.45) is 0. The average molecular weight is 519 g/mol. The third-order valence-electron chi connectivity index (χ3n) is 7.82. The van der Waals surface area contributed by atoms with Crippen LogP contribution in [0.15, 0.2) is 140 Å². The third-order valence-corrected chi connectivity index (χ3v) is 10.9. The summed E-state index contributed by atoms with van der Waals surface area (Å²) in [7, 11) is -3.18. The first-order valence-corrected chi connectivity index (χ1v) is 14.8. The van der Waals surface area contributed by atoms with Crippen molar-refractivity contribution in [1.82, 2.24) is 9.38 Å². The number of imidazole rings is 1. The smallest absolute Gasteiger partial charge is 0.171 e. The van der Waals surface area contributed by atoms with Gasteiger partial charge >= 0.3 is 0 Å². The summed E-state index contributed by atoms with van der Waals surface area (Å²) < 4.78 is 17.7. The lowest BCUT2D eigenvalue weighted by Gasteiger charge is -2.21. The van der Waals surface area contributed by atoms with Gasteiger partial charge in [-0.15, -0.1) is 0 Å². The number of fused-ring (bicyclic) bond motifs is 9. The number of rotatable bonds is 3. The van der Waals surface area contributed by atoms with E-state index in [-0.39, 0.29) is 0 Å². The van der Waals surface area contributed by atoms with Crippen LogP contribution in [-0.4, -0.2) is 9.38 Å². The van der Waals surface area contributed by atoms with Crippen LogP contribution in [0.2, 0.25) is 0 Å². The van der Waals surface area contributed by atoms with Gasteiger partial charge in [-0.2, -0.15) is 0 Å². The predicted molar refractivity (Wildman–Crippen MR) is 165 cm³/mol. The molecule has 184 valence electrons. The maximum atomic E-state index is 15.4. The second kappa shape index (κ2) is 8.39. The normalized spacial score (nSPS) is 13.4. The zero-order chi connectivity index (χ0) is 26.0. The molecular formula is C35H23N2OP. The molecule has 0 fully saturated rings. The van der Waals surface area contributed by atoms with E-state index in [1.165, 1.54) is 0 Å². The topological polar surface area (TPSA) is 34.4 Å². The van der Waals surface area contributed by atoms with Crippen molar-refractivity contribution >= 4 is 72.2 Å². The minimum absolute atomic E-state index is 0.821. The minimum Gasteiger partial charge on any atom is -0.309 e. The summed E-state index contributed by atoms with van der Waals surface area (Å²) in [6, 6.07) is 47.3. The molecule has 2 aromatic heterocycles. The van der Waals surface area contributed by atoms with Crippen molar-refractivity contribution in [3.05, 3.63) is 140 Å². The highest BCUT2D eigenvalue weighted by Gasteiger charge is 2.30. The molecule has 0 N–H and O–H groups in total.